The summed E-state index contributed by atoms with van der Waals surface area (Å²) in [6, 6.07) is 3.67. The van der Waals surface area contributed by atoms with Crippen LogP contribution in [0.1, 0.15) is 5.69 Å². The molecule has 0 aliphatic heterocycles. The van der Waals surface area contributed by atoms with Gasteiger partial charge in [-0.25, -0.2) is 9.59 Å². The molecule has 1 aromatic heterocycles. The molecule has 7 nitrogen and oxygen atoms in total. The minimum Gasteiger partial charge on any atom is -0.480 e. The molecule has 0 aliphatic rings. The van der Waals surface area contributed by atoms with Crippen molar-refractivity contribution in [3.8, 4) is 0 Å². The van der Waals surface area contributed by atoms with Gasteiger partial charge >= 0.3 is 12.0 Å². The largest absolute Gasteiger partial charge is 0.480 e. The van der Waals surface area contributed by atoms with E-state index < -0.39 is 18.0 Å². The van der Waals surface area contributed by atoms with Crippen LogP contribution >= 0.6 is 0 Å². The summed E-state index contributed by atoms with van der Waals surface area (Å²) in [6.07, 6.45) is 1.61. The topological polar surface area (TPSA) is 101 Å². The van der Waals surface area contributed by atoms with Crippen molar-refractivity contribution in [1.82, 2.24) is 15.6 Å². The van der Waals surface area contributed by atoms with Gasteiger partial charge in [-0.2, -0.15) is 0 Å². The Balaban J connectivity index is 2.39. The summed E-state index contributed by atoms with van der Waals surface area (Å²) in [6.45, 7) is 0.137. The third kappa shape index (κ3) is 4.79. The molecule has 18 heavy (non-hydrogen) atoms. The van der Waals surface area contributed by atoms with Crippen LogP contribution in [0.2, 0.25) is 0 Å². The van der Waals surface area contributed by atoms with Crippen LogP contribution in [0, 0.1) is 0 Å². The second kappa shape index (κ2) is 7.23. The number of carboxylic acids is 1. The van der Waals surface area contributed by atoms with Crippen molar-refractivity contribution >= 4 is 12.0 Å². The molecule has 1 aromatic rings. The van der Waals surface area contributed by atoms with Gasteiger partial charge in [-0.3, -0.25) is 4.98 Å². The van der Waals surface area contributed by atoms with E-state index in [1.807, 2.05) is 0 Å². The average molecular weight is 253 g/mol. The fraction of sp³-hybridized carbons (Fsp3) is 0.364. The molecule has 3 N–H and O–H groups in total. The maximum absolute atomic E-state index is 11.4. The first-order valence-electron chi connectivity index (χ1n) is 5.29. The van der Waals surface area contributed by atoms with Crippen LogP contribution in [-0.4, -0.2) is 41.8 Å². The van der Waals surface area contributed by atoms with Crippen molar-refractivity contribution in [2.75, 3.05) is 13.7 Å². The Morgan fingerprint density at radius 2 is 2.28 bits per heavy atom. The number of carbonyl (C=O) groups is 2. The second-order valence-corrected chi connectivity index (χ2v) is 3.49. The molecule has 1 heterocycles. The van der Waals surface area contributed by atoms with Crippen LogP contribution in [0.4, 0.5) is 4.79 Å². The zero-order valence-corrected chi connectivity index (χ0v) is 9.92. The highest BCUT2D eigenvalue weighted by atomic mass is 16.5. The molecule has 0 saturated heterocycles. The molecule has 0 aliphatic carbocycles. The van der Waals surface area contributed by atoms with Gasteiger partial charge in [-0.15, -0.1) is 0 Å². The summed E-state index contributed by atoms with van der Waals surface area (Å²) >= 11 is 0. The number of rotatable bonds is 6. The van der Waals surface area contributed by atoms with E-state index in [0.717, 1.165) is 0 Å². The lowest BCUT2D eigenvalue weighted by atomic mass is 10.3. The molecule has 98 valence electrons. The average Bonchev–Trinajstić information content (AvgIpc) is 2.37. The number of aliphatic carboxylic acids is 1. The Hall–Kier alpha value is -2.15. The fourth-order valence-corrected chi connectivity index (χ4v) is 1.22. The minimum absolute atomic E-state index is 0.0909. The van der Waals surface area contributed by atoms with E-state index in [1.54, 1.807) is 24.4 Å². The highest BCUT2D eigenvalue weighted by Crippen LogP contribution is 1.92. The summed E-state index contributed by atoms with van der Waals surface area (Å²) < 4.78 is 4.69. The number of hydrogen-bond donors (Lipinski definition) is 3. The first-order valence-corrected chi connectivity index (χ1v) is 5.29. The van der Waals surface area contributed by atoms with E-state index in [-0.39, 0.29) is 13.2 Å². The smallest absolute Gasteiger partial charge is 0.328 e. The highest BCUT2D eigenvalue weighted by Gasteiger charge is 2.19. The normalized spacial score (nSPS) is 11.6. The highest BCUT2D eigenvalue weighted by molar-refractivity contribution is 5.82. The lowest BCUT2D eigenvalue weighted by Gasteiger charge is -2.13. The summed E-state index contributed by atoms with van der Waals surface area (Å²) in [4.78, 5) is 26.2. The predicted molar refractivity (Wildman–Crippen MR) is 62.9 cm³/mol. The van der Waals surface area contributed by atoms with Gasteiger partial charge in [0, 0.05) is 13.3 Å². The zero-order chi connectivity index (χ0) is 13.4. The molecular formula is C11H15N3O4. The molecule has 0 radical (unpaired) electrons. The quantitative estimate of drug-likeness (QED) is 0.661. The van der Waals surface area contributed by atoms with E-state index in [9.17, 15) is 9.59 Å². The van der Waals surface area contributed by atoms with Crippen LogP contribution in [0.15, 0.2) is 24.4 Å². The Morgan fingerprint density at radius 3 is 2.83 bits per heavy atom. The molecule has 1 unspecified atom stereocenters. The molecule has 1 atom stereocenters. The van der Waals surface area contributed by atoms with Crippen LogP contribution < -0.4 is 10.6 Å². The van der Waals surface area contributed by atoms with Gasteiger partial charge in [-0.1, -0.05) is 6.07 Å². The maximum Gasteiger partial charge on any atom is 0.328 e. The molecule has 1 rings (SSSR count). The summed E-state index contributed by atoms with van der Waals surface area (Å²) in [5, 5.41) is 13.6. The van der Waals surface area contributed by atoms with E-state index in [2.05, 4.69) is 15.6 Å². The third-order valence-electron chi connectivity index (χ3n) is 2.09. The molecule has 7 heteroatoms. The number of amides is 2. The van der Waals surface area contributed by atoms with Crippen LogP contribution in [0.3, 0.4) is 0 Å². The van der Waals surface area contributed by atoms with Crippen LogP contribution in [-0.2, 0) is 16.1 Å². The minimum atomic E-state index is -1.15. The van der Waals surface area contributed by atoms with Gasteiger partial charge in [0.2, 0.25) is 0 Å². The number of nitrogens with zero attached hydrogens (tertiary/aromatic N) is 1. The van der Waals surface area contributed by atoms with Gasteiger partial charge in [0.25, 0.3) is 0 Å². The van der Waals surface area contributed by atoms with Gasteiger partial charge < -0.3 is 20.5 Å². The van der Waals surface area contributed by atoms with E-state index >= 15 is 0 Å². The van der Waals surface area contributed by atoms with E-state index in [4.69, 9.17) is 9.84 Å². The Bertz CT molecular complexity index is 397. The number of pyridine rings is 1. The number of nitrogens with one attached hydrogen (secondary N) is 2. The van der Waals surface area contributed by atoms with Crippen molar-refractivity contribution in [2.24, 2.45) is 0 Å². The summed E-state index contributed by atoms with van der Waals surface area (Å²) in [5.41, 5.74) is 0.686. The van der Waals surface area contributed by atoms with Crippen molar-refractivity contribution < 1.29 is 19.4 Å². The van der Waals surface area contributed by atoms with Gasteiger partial charge in [-0.05, 0) is 12.1 Å². The van der Waals surface area contributed by atoms with Crippen molar-refractivity contribution in [2.45, 2.75) is 12.6 Å². The number of aromatic nitrogens is 1. The van der Waals surface area contributed by atoms with E-state index in [0.29, 0.717) is 5.69 Å². The lowest BCUT2D eigenvalue weighted by Crippen LogP contribution is -2.48. The fourth-order valence-electron chi connectivity index (χ4n) is 1.22. The van der Waals surface area contributed by atoms with Gasteiger partial charge in [0.05, 0.1) is 18.8 Å². The van der Waals surface area contributed by atoms with Gasteiger partial charge in [0.1, 0.15) is 0 Å². The lowest BCUT2D eigenvalue weighted by molar-refractivity contribution is -0.140. The van der Waals surface area contributed by atoms with Crippen LogP contribution in [0.25, 0.3) is 0 Å². The Morgan fingerprint density at radius 1 is 1.50 bits per heavy atom. The SMILES string of the molecule is COCC(NC(=O)NCc1ccccn1)C(=O)O. The number of carboxylic acid groups (broad SMARTS) is 1. The van der Waals surface area contributed by atoms with Crippen molar-refractivity contribution in [3.05, 3.63) is 30.1 Å². The molecule has 0 aromatic carbocycles. The number of urea groups is 1. The van der Waals surface area contributed by atoms with E-state index in [1.165, 1.54) is 7.11 Å². The maximum atomic E-state index is 11.4. The second-order valence-electron chi connectivity index (χ2n) is 3.49. The number of ether oxygens (including phenoxy) is 1. The molecule has 0 fully saturated rings. The molecule has 0 bridgehead atoms. The third-order valence-corrected chi connectivity index (χ3v) is 2.09. The Labute approximate surface area is 104 Å². The molecule has 0 spiro atoms. The van der Waals surface area contributed by atoms with Crippen molar-refractivity contribution in [1.29, 1.82) is 0 Å². The first-order chi connectivity index (χ1) is 8.63. The van der Waals surface area contributed by atoms with Crippen molar-refractivity contribution in [3.63, 3.8) is 0 Å². The molecular weight excluding hydrogens is 238 g/mol. The number of carbonyl (C=O) groups excluding carboxylic acids is 1. The first kappa shape index (κ1) is 13.9. The molecule has 0 saturated carbocycles. The summed E-state index contributed by atoms with van der Waals surface area (Å²) in [5.74, 6) is -1.15. The Kier molecular flexibility index (Phi) is 5.59. The standard InChI is InChI=1S/C11H15N3O4/c1-18-7-9(10(15)16)14-11(17)13-6-8-4-2-3-5-12-8/h2-5,9H,6-7H2,1H3,(H,15,16)(H2,13,14,17). The number of methoxy groups -OCH3 is 1. The number of hydrogen-bond acceptors (Lipinski definition) is 4. The predicted octanol–water partition coefficient (Wildman–Crippen LogP) is -0.0196. The van der Waals surface area contributed by atoms with Gasteiger partial charge in [0.15, 0.2) is 6.04 Å². The molecule has 2 amide bonds. The summed E-state index contributed by atoms with van der Waals surface area (Å²) in [7, 11) is 1.36. The monoisotopic (exact) mass is 253 g/mol. The zero-order valence-electron chi connectivity index (χ0n) is 9.92. The van der Waals surface area contributed by atoms with Crippen LogP contribution in [0.5, 0.6) is 0 Å².